The van der Waals surface area contributed by atoms with Gasteiger partial charge in [0, 0.05) is 5.92 Å². The fourth-order valence-corrected chi connectivity index (χ4v) is 2.26. The predicted octanol–water partition coefficient (Wildman–Crippen LogP) is 4.08. The molecule has 0 aliphatic rings. The molecule has 2 heteroatoms. The van der Waals surface area contributed by atoms with E-state index in [0.717, 1.165) is 31.2 Å². The lowest BCUT2D eigenvalue weighted by molar-refractivity contribution is -0.126. The molecule has 1 unspecified atom stereocenters. The number of benzene rings is 1. The molecule has 18 heavy (non-hydrogen) atoms. The first-order valence-electron chi connectivity index (χ1n) is 7.04. The largest absolute Gasteiger partial charge is 0.349 e. The number of carbonyl (C=O) groups excluding carboxylic acids is 1. The molecule has 0 fully saturated rings. The van der Waals surface area contributed by atoms with Gasteiger partial charge in [-0.1, -0.05) is 57.0 Å². The van der Waals surface area contributed by atoms with Crippen molar-refractivity contribution in [3.05, 3.63) is 35.9 Å². The fraction of sp³-hybridized carbons (Fsp3) is 0.562. The second-order valence-electron chi connectivity index (χ2n) is 4.92. The Morgan fingerprint density at radius 3 is 2.17 bits per heavy atom. The minimum atomic E-state index is 0.0925. The van der Waals surface area contributed by atoms with Crippen LogP contribution in [-0.4, -0.2) is 5.91 Å². The summed E-state index contributed by atoms with van der Waals surface area (Å²) in [7, 11) is 0. The molecule has 0 heterocycles. The average molecular weight is 247 g/mol. The van der Waals surface area contributed by atoms with Gasteiger partial charge in [0.2, 0.25) is 5.91 Å². The summed E-state index contributed by atoms with van der Waals surface area (Å²) in [4.78, 5) is 12.2. The summed E-state index contributed by atoms with van der Waals surface area (Å²) in [6.07, 6.45) is 4.11. The van der Waals surface area contributed by atoms with E-state index < -0.39 is 0 Å². The molecule has 0 aliphatic carbocycles. The van der Waals surface area contributed by atoms with E-state index in [2.05, 4.69) is 31.3 Å². The Kier molecular flexibility index (Phi) is 6.48. The third-order valence-electron chi connectivity index (χ3n) is 3.30. The third kappa shape index (κ3) is 4.52. The molecule has 0 radical (unpaired) electrons. The van der Waals surface area contributed by atoms with Crippen LogP contribution in [0.3, 0.4) is 0 Å². The molecule has 1 amide bonds. The van der Waals surface area contributed by atoms with Crippen LogP contribution in [0.1, 0.15) is 58.1 Å². The lowest BCUT2D eigenvalue weighted by Crippen LogP contribution is -2.32. The Bertz CT molecular complexity index is 341. The van der Waals surface area contributed by atoms with Crippen molar-refractivity contribution < 1.29 is 4.79 Å². The van der Waals surface area contributed by atoms with Crippen molar-refractivity contribution >= 4 is 5.91 Å². The highest BCUT2D eigenvalue weighted by Gasteiger charge is 2.18. The van der Waals surface area contributed by atoms with Crippen LogP contribution >= 0.6 is 0 Å². The summed E-state index contributed by atoms with van der Waals surface area (Å²) in [5.41, 5.74) is 1.16. The van der Waals surface area contributed by atoms with Gasteiger partial charge in [0.15, 0.2) is 0 Å². The van der Waals surface area contributed by atoms with E-state index >= 15 is 0 Å². The molecule has 0 saturated carbocycles. The van der Waals surface area contributed by atoms with Crippen LogP contribution in [0.4, 0.5) is 0 Å². The van der Waals surface area contributed by atoms with Crippen molar-refractivity contribution in [2.24, 2.45) is 5.92 Å². The van der Waals surface area contributed by atoms with Crippen LogP contribution in [0.15, 0.2) is 30.3 Å². The van der Waals surface area contributed by atoms with Gasteiger partial charge in [0.05, 0.1) is 6.04 Å². The first kappa shape index (κ1) is 14.7. The second-order valence-corrected chi connectivity index (χ2v) is 4.92. The summed E-state index contributed by atoms with van der Waals surface area (Å²) in [6, 6.07) is 10.2. The zero-order chi connectivity index (χ0) is 13.4. The Hall–Kier alpha value is -1.31. The third-order valence-corrected chi connectivity index (χ3v) is 3.30. The lowest BCUT2D eigenvalue weighted by atomic mass is 9.96. The van der Waals surface area contributed by atoms with E-state index in [1.807, 2.05) is 25.1 Å². The van der Waals surface area contributed by atoms with Gasteiger partial charge in [-0.2, -0.15) is 0 Å². The van der Waals surface area contributed by atoms with Gasteiger partial charge in [0.1, 0.15) is 0 Å². The van der Waals surface area contributed by atoms with E-state index in [9.17, 15) is 4.79 Å². The standard InChI is InChI=1S/C16H25NO/c1-4-9-15(10-5-2)16(18)17-13(3)14-11-7-6-8-12-14/h6-8,11-13,15H,4-5,9-10H2,1-3H3,(H,17,18). The van der Waals surface area contributed by atoms with Crippen LogP contribution in [-0.2, 0) is 4.79 Å². The maximum atomic E-state index is 12.2. The molecule has 2 nitrogen and oxygen atoms in total. The van der Waals surface area contributed by atoms with Crippen molar-refractivity contribution in [2.45, 2.75) is 52.5 Å². The van der Waals surface area contributed by atoms with Crippen LogP contribution in [0, 0.1) is 5.92 Å². The maximum absolute atomic E-state index is 12.2. The van der Waals surface area contributed by atoms with Crippen LogP contribution < -0.4 is 5.32 Å². The Labute approximate surface area is 111 Å². The molecule has 1 rings (SSSR count). The quantitative estimate of drug-likeness (QED) is 0.773. The van der Waals surface area contributed by atoms with Gasteiger partial charge in [-0.25, -0.2) is 0 Å². The van der Waals surface area contributed by atoms with Crippen molar-refractivity contribution in [1.29, 1.82) is 0 Å². The molecule has 0 aliphatic heterocycles. The molecular formula is C16H25NO. The summed E-state index contributed by atoms with van der Waals surface area (Å²) < 4.78 is 0. The molecule has 1 aromatic rings. The maximum Gasteiger partial charge on any atom is 0.223 e. The lowest BCUT2D eigenvalue weighted by Gasteiger charge is -2.19. The van der Waals surface area contributed by atoms with Gasteiger partial charge >= 0.3 is 0 Å². The summed E-state index contributed by atoms with van der Waals surface area (Å²) in [5.74, 6) is 0.376. The van der Waals surface area contributed by atoms with E-state index in [-0.39, 0.29) is 17.9 Å². The SMILES string of the molecule is CCCC(CCC)C(=O)NC(C)c1ccccc1. The molecule has 0 spiro atoms. The smallest absolute Gasteiger partial charge is 0.223 e. The molecule has 0 aromatic heterocycles. The fourth-order valence-electron chi connectivity index (χ4n) is 2.26. The van der Waals surface area contributed by atoms with Crippen molar-refractivity contribution in [1.82, 2.24) is 5.32 Å². The molecular weight excluding hydrogens is 222 g/mol. The minimum Gasteiger partial charge on any atom is -0.349 e. The Morgan fingerprint density at radius 1 is 1.11 bits per heavy atom. The monoisotopic (exact) mass is 247 g/mol. The van der Waals surface area contributed by atoms with Crippen molar-refractivity contribution in [3.63, 3.8) is 0 Å². The Morgan fingerprint density at radius 2 is 1.67 bits per heavy atom. The van der Waals surface area contributed by atoms with Gasteiger partial charge in [-0.3, -0.25) is 4.79 Å². The van der Waals surface area contributed by atoms with Gasteiger partial charge in [0.25, 0.3) is 0 Å². The molecule has 0 bridgehead atoms. The number of amides is 1. The van der Waals surface area contributed by atoms with Crippen LogP contribution in [0.2, 0.25) is 0 Å². The first-order valence-corrected chi connectivity index (χ1v) is 7.04. The zero-order valence-corrected chi connectivity index (χ0v) is 11.8. The van der Waals surface area contributed by atoms with E-state index in [4.69, 9.17) is 0 Å². The number of rotatable bonds is 7. The minimum absolute atomic E-state index is 0.0925. The highest BCUT2D eigenvalue weighted by atomic mass is 16.1. The second kappa shape index (κ2) is 7.91. The average Bonchev–Trinajstić information content (AvgIpc) is 2.39. The molecule has 100 valence electrons. The van der Waals surface area contributed by atoms with Gasteiger partial charge < -0.3 is 5.32 Å². The molecule has 1 N–H and O–H groups in total. The van der Waals surface area contributed by atoms with Crippen molar-refractivity contribution in [2.75, 3.05) is 0 Å². The molecule has 0 saturated heterocycles. The zero-order valence-electron chi connectivity index (χ0n) is 11.8. The number of nitrogens with one attached hydrogen (secondary N) is 1. The van der Waals surface area contributed by atoms with E-state index in [1.54, 1.807) is 0 Å². The topological polar surface area (TPSA) is 29.1 Å². The molecule has 1 atom stereocenters. The first-order chi connectivity index (χ1) is 8.69. The highest BCUT2D eigenvalue weighted by Crippen LogP contribution is 2.17. The summed E-state index contributed by atoms with van der Waals surface area (Å²) in [5, 5.41) is 3.13. The number of hydrogen-bond donors (Lipinski definition) is 1. The van der Waals surface area contributed by atoms with Crippen LogP contribution in [0.5, 0.6) is 0 Å². The normalized spacial score (nSPS) is 12.4. The van der Waals surface area contributed by atoms with Gasteiger partial charge in [-0.15, -0.1) is 0 Å². The highest BCUT2D eigenvalue weighted by molar-refractivity contribution is 5.79. The van der Waals surface area contributed by atoms with Crippen LogP contribution in [0.25, 0.3) is 0 Å². The van der Waals surface area contributed by atoms with E-state index in [0.29, 0.717) is 0 Å². The van der Waals surface area contributed by atoms with Gasteiger partial charge in [-0.05, 0) is 25.3 Å². The van der Waals surface area contributed by atoms with Crippen molar-refractivity contribution in [3.8, 4) is 0 Å². The predicted molar refractivity (Wildman–Crippen MR) is 76.3 cm³/mol. The van der Waals surface area contributed by atoms with E-state index in [1.165, 1.54) is 0 Å². The molecule has 1 aromatic carbocycles. The summed E-state index contributed by atoms with van der Waals surface area (Å²) in [6.45, 7) is 6.31. The number of hydrogen-bond acceptors (Lipinski definition) is 1. The summed E-state index contributed by atoms with van der Waals surface area (Å²) >= 11 is 0. The number of carbonyl (C=O) groups is 1. The Balaban J connectivity index is 2.57.